The lowest BCUT2D eigenvalue weighted by Gasteiger charge is -2.30. The Morgan fingerprint density at radius 2 is 2.09 bits per heavy atom. The first-order valence-corrected chi connectivity index (χ1v) is 4.59. The van der Waals surface area contributed by atoms with E-state index in [1.807, 2.05) is 0 Å². The minimum absolute atomic E-state index is 0.0104. The molecular weight excluding hydrogens is 138 g/mol. The van der Waals surface area contributed by atoms with Crippen molar-refractivity contribution < 1.29 is 4.74 Å². The number of nitrogens with two attached hydrogens (primary N) is 1. The van der Waals surface area contributed by atoms with Crippen LogP contribution in [0.15, 0.2) is 0 Å². The zero-order valence-corrected chi connectivity index (χ0v) is 7.60. The lowest BCUT2D eigenvalue weighted by atomic mass is 9.81. The van der Waals surface area contributed by atoms with Gasteiger partial charge in [-0.3, -0.25) is 0 Å². The van der Waals surface area contributed by atoms with Crippen molar-refractivity contribution in [2.45, 2.75) is 38.6 Å². The number of ether oxygens (including phenoxy) is 1. The Morgan fingerprint density at radius 1 is 1.45 bits per heavy atom. The summed E-state index contributed by atoms with van der Waals surface area (Å²) in [7, 11) is 0. The van der Waals surface area contributed by atoms with Crippen LogP contribution in [-0.4, -0.2) is 18.8 Å². The van der Waals surface area contributed by atoms with Gasteiger partial charge in [-0.05, 0) is 12.3 Å². The van der Waals surface area contributed by atoms with Crippen LogP contribution in [0.2, 0.25) is 0 Å². The summed E-state index contributed by atoms with van der Waals surface area (Å²) >= 11 is 0. The molecule has 0 aliphatic carbocycles. The van der Waals surface area contributed by atoms with Crippen LogP contribution < -0.4 is 5.73 Å². The van der Waals surface area contributed by atoms with E-state index in [0.717, 1.165) is 19.6 Å². The first-order valence-electron chi connectivity index (χ1n) is 4.59. The molecule has 2 heteroatoms. The molecule has 66 valence electrons. The van der Waals surface area contributed by atoms with Gasteiger partial charge in [0.2, 0.25) is 0 Å². The minimum atomic E-state index is -0.0104. The smallest absolute Gasteiger partial charge is 0.0649 e. The zero-order valence-electron chi connectivity index (χ0n) is 7.60. The van der Waals surface area contributed by atoms with E-state index in [9.17, 15) is 0 Å². The third-order valence-electron chi connectivity index (χ3n) is 2.88. The van der Waals surface area contributed by atoms with Gasteiger partial charge in [-0.25, -0.2) is 0 Å². The van der Waals surface area contributed by atoms with Crippen molar-refractivity contribution in [3.63, 3.8) is 0 Å². The summed E-state index contributed by atoms with van der Waals surface area (Å²) in [6, 6.07) is 0. The predicted molar refractivity (Wildman–Crippen MR) is 46.4 cm³/mol. The summed E-state index contributed by atoms with van der Waals surface area (Å²) in [6.45, 7) is 6.04. The molecule has 1 atom stereocenters. The SMILES string of the molecule is CCC(CC)C1(N)CCOC1. The summed E-state index contributed by atoms with van der Waals surface area (Å²) in [5.74, 6) is 0.644. The second-order valence-electron chi connectivity index (χ2n) is 3.55. The highest BCUT2D eigenvalue weighted by Crippen LogP contribution is 2.29. The average Bonchev–Trinajstić information content (AvgIpc) is 2.39. The molecule has 0 aromatic carbocycles. The third kappa shape index (κ3) is 1.74. The molecule has 0 spiro atoms. The molecule has 1 aliphatic rings. The summed E-state index contributed by atoms with van der Waals surface area (Å²) in [4.78, 5) is 0. The minimum Gasteiger partial charge on any atom is -0.379 e. The normalized spacial score (nSPS) is 31.6. The van der Waals surface area contributed by atoms with Gasteiger partial charge in [-0.15, -0.1) is 0 Å². The van der Waals surface area contributed by atoms with Crippen LogP contribution in [0, 0.1) is 5.92 Å². The summed E-state index contributed by atoms with van der Waals surface area (Å²) in [5.41, 5.74) is 6.19. The maximum atomic E-state index is 6.20. The molecule has 2 N–H and O–H groups in total. The van der Waals surface area contributed by atoms with Crippen molar-refractivity contribution in [2.75, 3.05) is 13.2 Å². The lowest BCUT2D eigenvalue weighted by Crippen LogP contribution is -2.47. The Bertz CT molecular complexity index is 115. The average molecular weight is 157 g/mol. The second-order valence-corrected chi connectivity index (χ2v) is 3.55. The van der Waals surface area contributed by atoms with Crippen molar-refractivity contribution in [2.24, 2.45) is 11.7 Å². The van der Waals surface area contributed by atoms with E-state index in [-0.39, 0.29) is 5.54 Å². The molecule has 0 amide bonds. The quantitative estimate of drug-likeness (QED) is 0.674. The Morgan fingerprint density at radius 3 is 2.45 bits per heavy atom. The monoisotopic (exact) mass is 157 g/mol. The molecule has 11 heavy (non-hydrogen) atoms. The van der Waals surface area contributed by atoms with E-state index in [4.69, 9.17) is 10.5 Å². The molecule has 0 bridgehead atoms. The summed E-state index contributed by atoms with van der Waals surface area (Å²) in [5, 5.41) is 0. The van der Waals surface area contributed by atoms with Gasteiger partial charge in [0.25, 0.3) is 0 Å². The fourth-order valence-electron chi connectivity index (χ4n) is 2.02. The van der Waals surface area contributed by atoms with E-state index in [1.165, 1.54) is 12.8 Å². The van der Waals surface area contributed by atoms with Gasteiger partial charge in [-0.1, -0.05) is 26.7 Å². The topological polar surface area (TPSA) is 35.2 Å². The molecule has 0 saturated carbocycles. The number of hydrogen-bond donors (Lipinski definition) is 1. The Balaban J connectivity index is 2.53. The molecular formula is C9H19NO. The largest absolute Gasteiger partial charge is 0.379 e. The maximum absolute atomic E-state index is 6.20. The highest BCUT2D eigenvalue weighted by atomic mass is 16.5. The summed E-state index contributed by atoms with van der Waals surface area (Å²) < 4.78 is 5.32. The van der Waals surface area contributed by atoms with Gasteiger partial charge < -0.3 is 10.5 Å². The van der Waals surface area contributed by atoms with Crippen molar-refractivity contribution in [3.8, 4) is 0 Å². The van der Waals surface area contributed by atoms with Crippen LogP contribution in [0.1, 0.15) is 33.1 Å². The molecule has 0 radical (unpaired) electrons. The number of rotatable bonds is 3. The van der Waals surface area contributed by atoms with Crippen LogP contribution in [0.4, 0.5) is 0 Å². The molecule has 1 unspecified atom stereocenters. The maximum Gasteiger partial charge on any atom is 0.0649 e. The lowest BCUT2D eigenvalue weighted by molar-refractivity contribution is 0.153. The first-order chi connectivity index (χ1) is 5.23. The van der Waals surface area contributed by atoms with Crippen LogP contribution >= 0.6 is 0 Å². The van der Waals surface area contributed by atoms with Crippen LogP contribution in [0.3, 0.4) is 0 Å². The molecule has 1 saturated heterocycles. The summed E-state index contributed by atoms with van der Waals surface area (Å²) in [6.07, 6.45) is 3.39. The molecule has 1 aliphatic heterocycles. The first kappa shape index (κ1) is 9.01. The zero-order chi connectivity index (χ0) is 8.32. The van der Waals surface area contributed by atoms with Gasteiger partial charge in [-0.2, -0.15) is 0 Å². The predicted octanol–water partition coefficient (Wildman–Crippen LogP) is 1.54. The highest BCUT2D eigenvalue weighted by Gasteiger charge is 2.36. The fourth-order valence-corrected chi connectivity index (χ4v) is 2.02. The molecule has 1 rings (SSSR count). The van der Waals surface area contributed by atoms with E-state index in [1.54, 1.807) is 0 Å². The van der Waals surface area contributed by atoms with E-state index in [2.05, 4.69) is 13.8 Å². The number of hydrogen-bond acceptors (Lipinski definition) is 2. The molecule has 2 nitrogen and oxygen atoms in total. The Hall–Kier alpha value is -0.0800. The van der Waals surface area contributed by atoms with E-state index < -0.39 is 0 Å². The van der Waals surface area contributed by atoms with E-state index >= 15 is 0 Å². The molecule has 0 aromatic rings. The van der Waals surface area contributed by atoms with Crippen LogP contribution in [-0.2, 0) is 4.74 Å². The van der Waals surface area contributed by atoms with Crippen molar-refractivity contribution >= 4 is 0 Å². The van der Waals surface area contributed by atoms with Gasteiger partial charge in [0.15, 0.2) is 0 Å². The van der Waals surface area contributed by atoms with Crippen LogP contribution in [0.5, 0.6) is 0 Å². The standard InChI is InChI=1S/C9H19NO/c1-3-8(4-2)9(10)5-6-11-7-9/h8H,3-7,10H2,1-2H3. The molecule has 1 heterocycles. The van der Waals surface area contributed by atoms with Gasteiger partial charge in [0.05, 0.1) is 6.61 Å². The van der Waals surface area contributed by atoms with E-state index in [0.29, 0.717) is 5.92 Å². The van der Waals surface area contributed by atoms with Crippen LogP contribution in [0.25, 0.3) is 0 Å². The Labute approximate surface area is 69.1 Å². The van der Waals surface area contributed by atoms with Gasteiger partial charge in [0.1, 0.15) is 0 Å². The third-order valence-corrected chi connectivity index (χ3v) is 2.88. The van der Waals surface area contributed by atoms with Crippen molar-refractivity contribution in [1.82, 2.24) is 0 Å². The highest BCUT2D eigenvalue weighted by molar-refractivity contribution is 4.93. The molecule has 0 aromatic heterocycles. The van der Waals surface area contributed by atoms with Crippen molar-refractivity contribution in [1.29, 1.82) is 0 Å². The van der Waals surface area contributed by atoms with Gasteiger partial charge in [0, 0.05) is 12.1 Å². The fraction of sp³-hybridized carbons (Fsp3) is 1.00. The molecule has 1 fully saturated rings. The van der Waals surface area contributed by atoms with Gasteiger partial charge >= 0.3 is 0 Å². The van der Waals surface area contributed by atoms with Crippen molar-refractivity contribution in [3.05, 3.63) is 0 Å². The second kappa shape index (κ2) is 3.55. The Kier molecular flexibility index (Phi) is 2.90.